The Morgan fingerprint density at radius 2 is 1.65 bits per heavy atom. The molecule has 4 atom stereocenters. The second-order valence-electron chi connectivity index (χ2n) is 6.24. The zero-order valence-corrected chi connectivity index (χ0v) is 13.5. The summed E-state index contributed by atoms with van der Waals surface area (Å²) in [5.41, 5.74) is 1.38. The van der Waals surface area contributed by atoms with Gasteiger partial charge in [-0.1, -0.05) is 30.3 Å². The van der Waals surface area contributed by atoms with E-state index in [0.717, 1.165) is 13.1 Å². The quantitative estimate of drug-likeness (QED) is 0.910. The fourth-order valence-corrected chi connectivity index (χ4v) is 3.34. The normalized spacial score (nSPS) is 28.2. The Balaban J connectivity index is 2.11. The van der Waals surface area contributed by atoms with E-state index in [1.54, 1.807) is 0 Å². The first-order valence-electron chi connectivity index (χ1n) is 7.72. The first-order valence-corrected chi connectivity index (χ1v) is 7.72. The van der Waals surface area contributed by atoms with Gasteiger partial charge in [-0.3, -0.25) is 9.80 Å². The molecule has 1 aliphatic rings. The Labute approximate surface area is 124 Å². The predicted molar refractivity (Wildman–Crippen MR) is 86.0 cm³/mol. The molecule has 3 heteroatoms. The molecule has 1 aromatic rings. The number of piperazine rings is 1. The summed E-state index contributed by atoms with van der Waals surface area (Å²) < 4.78 is 0. The van der Waals surface area contributed by atoms with Crippen molar-refractivity contribution >= 4 is 0 Å². The van der Waals surface area contributed by atoms with Gasteiger partial charge in [-0.2, -0.15) is 0 Å². The minimum absolute atomic E-state index is 0.388. The second kappa shape index (κ2) is 6.70. The topological polar surface area (TPSA) is 18.5 Å². The first-order chi connectivity index (χ1) is 9.54. The molecule has 1 fully saturated rings. The van der Waals surface area contributed by atoms with E-state index in [4.69, 9.17) is 0 Å². The van der Waals surface area contributed by atoms with Gasteiger partial charge in [0.1, 0.15) is 0 Å². The van der Waals surface area contributed by atoms with Crippen molar-refractivity contribution in [3.63, 3.8) is 0 Å². The third-order valence-corrected chi connectivity index (χ3v) is 4.92. The first kappa shape index (κ1) is 15.5. The van der Waals surface area contributed by atoms with Gasteiger partial charge in [-0.05, 0) is 40.4 Å². The average Bonchev–Trinajstić information content (AvgIpc) is 2.46. The number of hydrogen-bond donors (Lipinski definition) is 1. The van der Waals surface area contributed by atoms with Crippen LogP contribution in [0.15, 0.2) is 30.3 Å². The van der Waals surface area contributed by atoms with Crippen LogP contribution in [-0.4, -0.2) is 55.1 Å². The lowest BCUT2D eigenvalue weighted by atomic mass is 9.97. The summed E-state index contributed by atoms with van der Waals surface area (Å²) in [5.74, 6) is 0. The molecule has 0 spiro atoms. The summed E-state index contributed by atoms with van der Waals surface area (Å²) in [7, 11) is 4.31. The van der Waals surface area contributed by atoms with Gasteiger partial charge < -0.3 is 5.32 Å². The van der Waals surface area contributed by atoms with Crippen LogP contribution in [0.2, 0.25) is 0 Å². The molecule has 2 rings (SSSR count). The van der Waals surface area contributed by atoms with Gasteiger partial charge in [-0.15, -0.1) is 0 Å². The average molecular weight is 275 g/mol. The van der Waals surface area contributed by atoms with Crippen LogP contribution in [0.5, 0.6) is 0 Å². The second-order valence-corrected chi connectivity index (χ2v) is 6.24. The zero-order valence-electron chi connectivity index (χ0n) is 13.5. The molecule has 1 N–H and O–H groups in total. The van der Waals surface area contributed by atoms with E-state index in [0.29, 0.717) is 24.2 Å². The maximum absolute atomic E-state index is 3.50. The Morgan fingerprint density at radius 3 is 2.15 bits per heavy atom. The smallest absolute Gasteiger partial charge is 0.0473 e. The molecule has 0 saturated carbocycles. The fourth-order valence-electron chi connectivity index (χ4n) is 3.34. The van der Waals surface area contributed by atoms with Crippen LogP contribution < -0.4 is 5.32 Å². The SMILES string of the molecule is CNC(c1ccccc1)C(C)N1CC(C)N(C)C(C)C1. The highest BCUT2D eigenvalue weighted by Gasteiger charge is 2.32. The zero-order chi connectivity index (χ0) is 14.7. The van der Waals surface area contributed by atoms with Gasteiger partial charge >= 0.3 is 0 Å². The molecule has 0 aliphatic carbocycles. The highest BCUT2D eigenvalue weighted by atomic mass is 15.3. The Morgan fingerprint density at radius 1 is 1.10 bits per heavy atom. The lowest BCUT2D eigenvalue weighted by molar-refractivity contribution is 0.0283. The van der Waals surface area contributed by atoms with E-state index in [2.05, 4.69) is 80.3 Å². The van der Waals surface area contributed by atoms with E-state index in [9.17, 15) is 0 Å². The molecule has 1 aromatic carbocycles. The van der Waals surface area contributed by atoms with Crippen molar-refractivity contribution in [3.8, 4) is 0 Å². The van der Waals surface area contributed by atoms with Gasteiger partial charge in [0.05, 0.1) is 0 Å². The molecular formula is C17H29N3. The minimum Gasteiger partial charge on any atom is -0.312 e. The van der Waals surface area contributed by atoms with Crippen LogP contribution in [-0.2, 0) is 0 Å². The van der Waals surface area contributed by atoms with Crippen molar-refractivity contribution in [2.45, 2.75) is 44.9 Å². The molecule has 1 saturated heterocycles. The van der Waals surface area contributed by atoms with Gasteiger partial charge in [0.25, 0.3) is 0 Å². The van der Waals surface area contributed by atoms with Crippen molar-refractivity contribution in [1.82, 2.24) is 15.1 Å². The van der Waals surface area contributed by atoms with Crippen molar-refractivity contribution in [1.29, 1.82) is 0 Å². The third-order valence-electron chi connectivity index (χ3n) is 4.92. The molecule has 0 aromatic heterocycles. The van der Waals surface area contributed by atoms with E-state index in [1.165, 1.54) is 5.56 Å². The molecule has 3 nitrogen and oxygen atoms in total. The molecule has 112 valence electrons. The number of nitrogens with one attached hydrogen (secondary N) is 1. The summed E-state index contributed by atoms with van der Waals surface area (Å²) in [5, 5.41) is 3.50. The lowest BCUT2D eigenvalue weighted by Crippen LogP contribution is -2.58. The Hall–Kier alpha value is -0.900. The van der Waals surface area contributed by atoms with Crippen molar-refractivity contribution in [2.24, 2.45) is 0 Å². The Bertz CT molecular complexity index is 394. The summed E-state index contributed by atoms with van der Waals surface area (Å²) in [6.07, 6.45) is 0. The molecular weight excluding hydrogens is 246 g/mol. The summed E-state index contributed by atoms with van der Waals surface area (Å²) >= 11 is 0. The van der Waals surface area contributed by atoms with Gasteiger partial charge in [0.2, 0.25) is 0 Å². The van der Waals surface area contributed by atoms with E-state index in [1.807, 2.05) is 0 Å². The van der Waals surface area contributed by atoms with Crippen molar-refractivity contribution < 1.29 is 0 Å². The van der Waals surface area contributed by atoms with Crippen molar-refractivity contribution in [2.75, 3.05) is 27.2 Å². The summed E-state index contributed by atoms with van der Waals surface area (Å²) in [6.45, 7) is 9.29. The lowest BCUT2D eigenvalue weighted by Gasteiger charge is -2.46. The van der Waals surface area contributed by atoms with Crippen LogP contribution >= 0.6 is 0 Å². The van der Waals surface area contributed by atoms with E-state index >= 15 is 0 Å². The van der Waals surface area contributed by atoms with Crippen LogP contribution in [0.1, 0.15) is 32.4 Å². The van der Waals surface area contributed by atoms with E-state index in [-0.39, 0.29) is 0 Å². The van der Waals surface area contributed by atoms with Crippen LogP contribution in [0.3, 0.4) is 0 Å². The van der Waals surface area contributed by atoms with Crippen LogP contribution in [0.4, 0.5) is 0 Å². The maximum Gasteiger partial charge on any atom is 0.0473 e. The van der Waals surface area contributed by atoms with Gasteiger partial charge in [0.15, 0.2) is 0 Å². The highest BCUT2D eigenvalue weighted by molar-refractivity contribution is 5.20. The van der Waals surface area contributed by atoms with E-state index < -0.39 is 0 Å². The minimum atomic E-state index is 0.388. The Kier molecular flexibility index (Phi) is 5.19. The van der Waals surface area contributed by atoms with Gasteiger partial charge in [-0.25, -0.2) is 0 Å². The number of likely N-dealkylation sites (N-methyl/N-ethyl adjacent to an activating group) is 2. The fraction of sp³-hybridized carbons (Fsp3) is 0.647. The monoisotopic (exact) mass is 275 g/mol. The highest BCUT2D eigenvalue weighted by Crippen LogP contribution is 2.24. The number of nitrogens with zero attached hydrogens (tertiary/aromatic N) is 2. The molecule has 0 bridgehead atoms. The van der Waals surface area contributed by atoms with Crippen LogP contribution in [0.25, 0.3) is 0 Å². The molecule has 4 unspecified atom stereocenters. The standard InChI is InChI=1S/C17H29N3/c1-13-11-20(12-14(2)19(13)5)15(3)17(18-4)16-9-7-6-8-10-16/h6-10,13-15,17-18H,11-12H2,1-5H3. The predicted octanol–water partition coefficient (Wildman–Crippen LogP) is 2.36. The number of benzene rings is 1. The number of hydrogen-bond acceptors (Lipinski definition) is 3. The summed E-state index contributed by atoms with van der Waals surface area (Å²) in [6, 6.07) is 12.9. The molecule has 1 heterocycles. The maximum atomic E-state index is 3.50. The molecule has 20 heavy (non-hydrogen) atoms. The molecule has 0 radical (unpaired) electrons. The number of rotatable bonds is 4. The molecule has 0 amide bonds. The summed E-state index contributed by atoms with van der Waals surface area (Å²) in [4.78, 5) is 5.11. The van der Waals surface area contributed by atoms with Gasteiger partial charge in [0, 0.05) is 37.3 Å². The molecule has 1 aliphatic heterocycles. The third kappa shape index (κ3) is 3.22. The largest absolute Gasteiger partial charge is 0.312 e. The van der Waals surface area contributed by atoms with Crippen LogP contribution in [0, 0.1) is 0 Å². The van der Waals surface area contributed by atoms with Crippen molar-refractivity contribution in [3.05, 3.63) is 35.9 Å².